The summed E-state index contributed by atoms with van der Waals surface area (Å²) in [7, 11) is 3.07. The Bertz CT molecular complexity index is 901. The fourth-order valence-corrected chi connectivity index (χ4v) is 3.04. The molecule has 1 N–H and O–H groups in total. The lowest BCUT2D eigenvalue weighted by Gasteiger charge is -2.21. The highest BCUT2D eigenvalue weighted by atomic mass is 19.3. The van der Waals surface area contributed by atoms with Gasteiger partial charge in [0.2, 0.25) is 5.92 Å². The van der Waals surface area contributed by atoms with E-state index in [1.807, 2.05) is 0 Å². The number of amides is 1. The first-order chi connectivity index (χ1) is 14.4. The molecule has 1 fully saturated rings. The molecule has 2 heterocycles. The Morgan fingerprint density at radius 3 is 2.60 bits per heavy atom. The molecule has 1 amide bonds. The summed E-state index contributed by atoms with van der Waals surface area (Å²) in [6.07, 6.45) is 4.15. The maximum absolute atomic E-state index is 13.6. The van der Waals surface area contributed by atoms with Crippen LogP contribution in [0.25, 0.3) is 0 Å². The zero-order valence-corrected chi connectivity index (χ0v) is 16.8. The summed E-state index contributed by atoms with van der Waals surface area (Å²) < 4.78 is 37.5. The van der Waals surface area contributed by atoms with Crippen molar-refractivity contribution in [3.05, 3.63) is 41.9 Å². The molecule has 0 aliphatic carbocycles. The highest BCUT2D eigenvalue weighted by Gasteiger charge is 2.32. The molecule has 1 saturated heterocycles. The van der Waals surface area contributed by atoms with Crippen LogP contribution in [0.2, 0.25) is 0 Å². The van der Waals surface area contributed by atoms with Crippen molar-refractivity contribution in [1.82, 2.24) is 15.4 Å². The number of hydrazone groups is 1. The first kappa shape index (κ1) is 21.4. The molecule has 1 aliphatic rings. The molecule has 2 aromatic rings. The van der Waals surface area contributed by atoms with E-state index in [1.54, 1.807) is 23.1 Å². The van der Waals surface area contributed by atoms with Gasteiger partial charge in [-0.1, -0.05) is 0 Å². The van der Waals surface area contributed by atoms with Crippen molar-refractivity contribution in [2.45, 2.75) is 25.2 Å². The van der Waals surface area contributed by atoms with E-state index in [1.165, 1.54) is 32.8 Å². The Labute approximate surface area is 172 Å². The van der Waals surface area contributed by atoms with E-state index >= 15 is 0 Å². The Morgan fingerprint density at radius 2 is 1.90 bits per heavy atom. The number of halogens is 2. The van der Waals surface area contributed by atoms with Gasteiger partial charge in [0.25, 0.3) is 5.91 Å². The van der Waals surface area contributed by atoms with Gasteiger partial charge in [-0.25, -0.2) is 19.2 Å². The summed E-state index contributed by atoms with van der Waals surface area (Å²) in [4.78, 5) is 22.4. The van der Waals surface area contributed by atoms with Crippen LogP contribution in [0.5, 0.6) is 11.5 Å². The van der Waals surface area contributed by atoms with E-state index in [0.717, 1.165) is 0 Å². The van der Waals surface area contributed by atoms with Crippen molar-refractivity contribution in [3.63, 3.8) is 0 Å². The van der Waals surface area contributed by atoms with Gasteiger partial charge in [-0.2, -0.15) is 5.10 Å². The number of carbonyl (C=O) groups is 1. The van der Waals surface area contributed by atoms with Gasteiger partial charge in [-0.15, -0.1) is 0 Å². The largest absolute Gasteiger partial charge is 0.497 e. The van der Waals surface area contributed by atoms with Gasteiger partial charge in [0.05, 0.1) is 32.8 Å². The molecule has 0 unspecified atom stereocenters. The van der Waals surface area contributed by atoms with E-state index < -0.39 is 11.8 Å². The molecule has 0 saturated carbocycles. The normalized spacial score (nSPS) is 16.2. The monoisotopic (exact) mass is 419 g/mol. The number of ether oxygens (including phenoxy) is 2. The highest BCUT2D eigenvalue weighted by Crippen LogP contribution is 2.29. The minimum atomic E-state index is -2.67. The molecule has 0 bridgehead atoms. The van der Waals surface area contributed by atoms with E-state index in [9.17, 15) is 13.6 Å². The average Bonchev–Trinajstić information content (AvgIpc) is 2.93. The molecular weight excluding hydrogens is 396 g/mol. The minimum absolute atomic E-state index is 0.0453. The second kappa shape index (κ2) is 9.47. The van der Waals surface area contributed by atoms with Crippen molar-refractivity contribution in [1.29, 1.82) is 0 Å². The van der Waals surface area contributed by atoms with Gasteiger partial charge in [-0.3, -0.25) is 9.78 Å². The molecule has 1 aromatic carbocycles. The van der Waals surface area contributed by atoms with Crippen molar-refractivity contribution >= 4 is 17.9 Å². The number of aromatic nitrogens is 2. The topological polar surface area (TPSA) is 88.9 Å². The Hall–Kier alpha value is -3.30. The van der Waals surface area contributed by atoms with E-state index in [2.05, 4.69) is 20.5 Å². The summed E-state index contributed by atoms with van der Waals surface area (Å²) in [6.45, 7) is 0.591. The lowest BCUT2D eigenvalue weighted by molar-refractivity contribution is -0.0102. The van der Waals surface area contributed by atoms with Gasteiger partial charge in [-0.05, 0) is 18.6 Å². The number of nitrogens with one attached hydrogen (secondary N) is 1. The molecule has 0 spiro atoms. The number of hydrogen-bond acceptors (Lipinski definition) is 7. The van der Waals surface area contributed by atoms with Crippen molar-refractivity contribution in [2.24, 2.45) is 5.10 Å². The quantitative estimate of drug-likeness (QED) is 0.572. The van der Waals surface area contributed by atoms with Gasteiger partial charge in [0.15, 0.2) is 5.69 Å². The molecule has 8 nitrogen and oxygen atoms in total. The number of carbonyl (C=O) groups excluding carboxylic acids is 1. The fourth-order valence-electron chi connectivity index (χ4n) is 3.04. The Balaban J connectivity index is 1.66. The smallest absolute Gasteiger partial charge is 0.291 e. The number of nitrogens with zero attached hydrogens (tertiary/aromatic N) is 4. The molecule has 3 rings (SSSR count). The molecule has 30 heavy (non-hydrogen) atoms. The number of anilines is 1. The zero-order chi connectivity index (χ0) is 21.6. The molecule has 160 valence electrons. The summed E-state index contributed by atoms with van der Waals surface area (Å²) in [6, 6.07) is 5.18. The lowest BCUT2D eigenvalue weighted by Crippen LogP contribution is -2.28. The third kappa shape index (κ3) is 5.62. The second-order valence-corrected chi connectivity index (χ2v) is 6.80. The van der Waals surface area contributed by atoms with Gasteiger partial charge in [0, 0.05) is 37.6 Å². The van der Waals surface area contributed by atoms with E-state index in [-0.39, 0.29) is 25.1 Å². The number of benzene rings is 1. The number of hydrogen-bond donors (Lipinski definition) is 1. The molecule has 0 atom stereocenters. The highest BCUT2D eigenvalue weighted by molar-refractivity contribution is 5.93. The predicted molar refractivity (Wildman–Crippen MR) is 108 cm³/mol. The van der Waals surface area contributed by atoms with Crippen LogP contribution in [-0.2, 0) is 0 Å². The van der Waals surface area contributed by atoms with Crippen molar-refractivity contribution < 1.29 is 23.0 Å². The number of alkyl halides is 2. The van der Waals surface area contributed by atoms with E-state index in [4.69, 9.17) is 9.47 Å². The fraction of sp³-hybridized carbons (Fsp3) is 0.400. The maximum atomic E-state index is 13.6. The molecular formula is C20H23F2N5O3. The van der Waals surface area contributed by atoms with Crippen LogP contribution in [0.3, 0.4) is 0 Å². The zero-order valence-electron chi connectivity index (χ0n) is 16.8. The first-order valence-electron chi connectivity index (χ1n) is 9.41. The lowest BCUT2D eigenvalue weighted by atomic mass is 10.1. The summed E-state index contributed by atoms with van der Waals surface area (Å²) in [5, 5.41) is 3.93. The SMILES string of the molecule is COc1cc(/C=N/NC(=O)c2cncc(N3CCCC(F)(F)CC3)n2)cc(OC)c1. The molecule has 0 radical (unpaired) electrons. The summed E-state index contributed by atoms with van der Waals surface area (Å²) in [5.41, 5.74) is 3.09. The van der Waals surface area contributed by atoms with Crippen LogP contribution in [-0.4, -0.2) is 55.3 Å². The first-order valence-corrected chi connectivity index (χ1v) is 9.41. The molecule has 1 aromatic heterocycles. The Morgan fingerprint density at radius 1 is 1.17 bits per heavy atom. The van der Waals surface area contributed by atoms with Crippen LogP contribution in [0.1, 0.15) is 35.3 Å². The minimum Gasteiger partial charge on any atom is -0.497 e. The van der Waals surface area contributed by atoms with Crippen LogP contribution >= 0.6 is 0 Å². The van der Waals surface area contributed by atoms with Crippen molar-refractivity contribution in [3.8, 4) is 11.5 Å². The van der Waals surface area contributed by atoms with Gasteiger partial charge < -0.3 is 14.4 Å². The predicted octanol–water partition coefficient (Wildman–Crippen LogP) is 2.88. The third-order valence-electron chi connectivity index (χ3n) is 4.65. The number of rotatable bonds is 6. The maximum Gasteiger partial charge on any atom is 0.291 e. The van der Waals surface area contributed by atoms with E-state index in [0.29, 0.717) is 35.8 Å². The average molecular weight is 419 g/mol. The van der Waals surface area contributed by atoms with Crippen molar-refractivity contribution in [2.75, 3.05) is 32.2 Å². The standard InChI is InChI=1S/C20H23F2N5O3/c1-29-15-8-14(9-16(10-15)30-2)11-24-26-19(28)17-12-23-13-18(25-17)27-6-3-4-20(21,22)5-7-27/h8-13H,3-7H2,1-2H3,(H,26,28)/b24-11+. The second-order valence-electron chi connectivity index (χ2n) is 6.80. The van der Waals surface area contributed by atoms with Gasteiger partial charge >= 0.3 is 0 Å². The summed E-state index contributed by atoms with van der Waals surface area (Å²) in [5.74, 6) is -1.67. The molecule has 10 heteroatoms. The van der Waals surface area contributed by atoms with Gasteiger partial charge in [0.1, 0.15) is 17.3 Å². The van der Waals surface area contributed by atoms with Crippen LogP contribution in [0.15, 0.2) is 35.7 Å². The van der Waals surface area contributed by atoms with Crippen LogP contribution in [0.4, 0.5) is 14.6 Å². The third-order valence-corrected chi connectivity index (χ3v) is 4.65. The summed E-state index contributed by atoms with van der Waals surface area (Å²) >= 11 is 0. The Kier molecular flexibility index (Phi) is 6.76. The number of methoxy groups -OCH3 is 2. The van der Waals surface area contributed by atoms with Crippen LogP contribution < -0.4 is 19.8 Å². The van der Waals surface area contributed by atoms with Crippen LogP contribution in [0, 0.1) is 0 Å². The molecule has 1 aliphatic heterocycles.